The minimum absolute atomic E-state index is 0.0777. The van der Waals surface area contributed by atoms with Gasteiger partial charge in [0.15, 0.2) is 5.03 Å². The fourth-order valence-electron chi connectivity index (χ4n) is 4.76. The number of nitrogens with one attached hydrogen (secondary N) is 1. The molecule has 1 aromatic carbocycles. The summed E-state index contributed by atoms with van der Waals surface area (Å²) in [4.78, 5) is 17.0. The largest absolute Gasteiger partial charge is 0.353 e. The Kier molecular flexibility index (Phi) is 6.48. The second-order valence-corrected chi connectivity index (χ2v) is 10.8. The summed E-state index contributed by atoms with van der Waals surface area (Å²) >= 11 is 0. The number of hydrogen-bond donors (Lipinski definition) is 1. The summed E-state index contributed by atoms with van der Waals surface area (Å²) in [6.07, 6.45) is 6.83. The van der Waals surface area contributed by atoms with Gasteiger partial charge in [0.2, 0.25) is 5.91 Å². The number of sulfonamides is 1. The van der Waals surface area contributed by atoms with Crippen LogP contribution in [0.25, 0.3) is 0 Å². The van der Waals surface area contributed by atoms with Gasteiger partial charge in [-0.2, -0.15) is 4.31 Å². The Labute approximate surface area is 184 Å². The van der Waals surface area contributed by atoms with Crippen LogP contribution in [0.15, 0.2) is 41.6 Å². The lowest BCUT2D eigenvalue weighted by Crippen LogP contribution is -2.46. The predicted molar refractivity (Wildman–Crippen MR) is 119 cm³/mol. The van der Waals surface area contributed by atoms with E-state index in [0.29, 0.717) is 37.7 Å². The van der Waals surface area contributed by atoms with Gasteiger partial charge in [0.05, 0.1) is 0 Å². The number of aryl methyl sites for hydroxylation is 2. The van der Waals surface area contributed by atoms with Crippen molar-refractivity contribution in [3.63, 3.8) is 0 Å². The number of benzene rings is 1. The predicted octanol–water partition coefficient (Wildman–Crippen LogP) is 2.97. The maximum absolute atomic E-state index is 12.8. The van der Waals surface area contributed by atoms with Gasteiger partial charge in [-0.1, -0.05) is 30.3 Å². The number of carbonyl (C=O) groups is 1. The lowest BCUT2D eigenvalue weighted by Gasteiger charge is -2.33. The summed E-state index contributed by atoms with van der Waals surface area (Å²) in [6.45, 7) is 2.50. The molecular weight excluding hydrogens is 412 g/mol. The van der Waals surface area contributed by atoms with Gasteiger partial charge in [-0.3, -0.25) is 4.79 Å². The van der Waals surface area contributed by atoms with Crippen LogP contribution in [0.5, 0.6) is 0 Å². The quantitative estimate of drug-likeness (QED) is 0.768. The van der Waals surface area contributed by atoms with Crippen molar-refractivity contribution in [3.8, 4) is 0 Å². The fraction of sp³-hybridized carbons (Fsp3) is 0.565. The molecule has 0 radical (unpaired) electrons. The zero-order chi connectivity index (χ0) is 22.0. The Hall–Kier alpha value is -2.19. The number of carbonyl (C=O) groups excluding carboxylic acids is 1. The van der Waals surface area contributed by atoms with Gasteiger partial charge >= 0.3 is 0 Å². The smallest absolute Gasteiger partial charge is 0.262 e. The molecule has 2 fully saturated rings. The minimum atomic E-state index is -3.60. The molecule has 1 aliphatic heterocycles. The zero-order valence-electron chi connectivity index (χ0n) is 18.3. The maximum atomic E-state index is 12.8. The number of piperidine rings is 1. The van der Waals surface area contributed by atoms with E-state index in [-0.39, 0.29) is 22.9 Å². The first-order chi connectivity index (χ1) is 14.8. The number of hydrogen-bond acceptors (Lipinski definition) is 4. The van der Waals surface area contributed by atoms with E-state index in [1.165, 1.54) is 9.87 Å². The van der Waals surface area contributed by atoms with Crippen LogP contribution < -0.4 is 5.32 Å². The third kappa shape index (κ3) is 4.85. The van der Waals surface area contributed by atoms with Crippen molar-refractivity contribution in [2.75, 3.05) is 13.1 Å². The molecule has 1 saturated carbocycles. The number of imidazole rings is 1. The van der Waals surface area contributed by atoms with E-state index in [1.54, 1.807) is 24.7 Å². The molecule has 0 atom stereocenters. The highest BCUT2D eigenvalue weighted by atomic mass is 32.2. The molecule has 0 unspecified atom stereocenters. The maximum Gasteiger partial charge on any atom is 0.262 e. The van der Waals surface area contributed by atoms with Crippen LogP contribution >= 0.6 is 0 Å². The summed E-state index contributed by atoms with van der Waals surface area (Å²) in [7, 11) is -1.82. The van der Waals surface area contributed by atoms with Crippen molar-refractivity contribution in [2.45, 2.75) is 62.4 Å². The van der Waals surface area contributed by atoms with Crippen molar-refractivity contribution in [1.29, 1.82) is 0 Å². The molecule has 2 aliphatic rings. The third-order valence-corrected chi connectivity index (χ3v) is 8.63. The lowest BCUT2D eigenvalue weighted by molar-refractivity contribution is -0.127. The molecule has 2 heterocycles. The monoisotopic (exact) mass is 444 g/mol. The van der Waals surface area contributed by atoms with Crippen LogP contribution in [0.1, 0.15) is 55.8 Å². The van der Waals surface area contributed by atoms with Crippen molar-refractivity contribution in [3.05, 3.63) is 47.9 Å². The fourth-order valence-corrected chi connectivity index (χ4v) is 6.25. The van der Waals surface area contributed by atoms with E-state index in [9.17, 15) is 13.2 Å². The lowest BCUT2D eigenvalue weighted by atomic mass is 9.81. The van der Waals surface area contributed by atoms with Crippen LogP contribution in [-0.2, 0) is 21.9 Å². The first kappa shape index (κ1) is 22.0. The van der Waals surface area contributed by atoms with Gasteiger partial charge in [0.1, 0.15) is 5.82 Å². The molecule has 7 nitrogen and oxygen atoms in total. The Morgan fingerprint density at radius 1 is 1.03 bits per heavy atom. The highest BCUT2D eigenvalue weighted by Crippen LogP contribution is 2.33. The number of aromatic nitrogens is 2. The van der Waals surface area contributed by atoms with Crippen molar-refractivity contribution >= 4 is 15.9 Å². The Morgan fingerprint density at radius 2 is 1.68 bits per heavy atom. The zero-order valence-corrected chi connectivity index (χ0v) is 19.1. The molecule has 1 aliphatic carbocycles. The number of nitrogens with zero attached hydrogens (tertiary/aromatic N) is 3. The standard InChI is InChI=1S/C23H32N4O3S/c1-17-24-22(16-26(17)2)31(29,30)27-14-12-20(13-15-27)23(28)25-21-10-8-19(9-11-21)18-6-4-3-5-7-18/h3-7,16,19-21H,8-15H2,1-2H3,(H,25,28). The van der Waals surface area contributed by atoms with Gasteiger partial charge in [0, 0.05) is 38.3 Å². The molecule has 4 rings (SSSR count). The molecule has 168 valence electrons. The van der Waals surface area contributed by atoms with Gasteiger partial charge in [0.25, 0.3) is 10.0 Å². The highest BCUT2D eigenvalue weighted by Gasteiger charge is 2.34. The normalized spacial score (nSPS) is 23.5. The summed E-state index contributed by atoms with van der Waals surface area (Å²) in [5, 5.41) is 3.32. The molecule has 1 amide bonds. The van der Waals surface area contributed by atoms with E-state index < -0.39 is 10.0 Å². The van der Waals surface area contributed by atoms with Crippen molar-refractivity contribution < 1.29 is 13.2 Å². The second kappa shape index (κ2) is 9.12. The molecule has 1 saturated heterocycles. The Balaban J connectivity index is 1.26. The molecule has 0 spiro atoms. The number of rotatable bonds is 5. The Bertz CT molecular complexity index is 983. The first-order valence-electron chi connectivity index (χ1n) is 11.2. The van der Waals surface area contributed by atoms with E-state index in [2.05, 4.69) is 34.6 Å². The SMILES string of the molecule is Cc1nc(S(=O)(=O)N2CCC(C(=O)NC3CCC(c4ccccc4)CC3)CC2)cn1C. The van der Waals surface area contributed by atoms with Gasteiger partial charge in [-0.25, -0.2) is 13.4 Å². The summed E-state index contributed by atoms with van der Waals surface area (Å²) in [5.41, 5.74) is 1.39. The van der Waals surface area contributed by atoms with Gasteiger partial charge in [-0.05, 0) is 56.9 Å². The van der Waals surface area contributed by atoms with Gasteiger partial charge in [-0.15, -0.1) is 0 Å². The summed E-state index contributed by atoms with van der Waals surface area (Å²) in [5.74, 6) is 1.20. The van der Waals surface area contributed by atoms with E-state index in [0.717, 1.165) is 25.7 Å². The molecular formula is C23H32N4O3S. The molecule has 1 N–H and O–H groups in total. The Morgan fingerprint density at radius 3 is 2.26 bits per heavy atom. The topological polar surface area (TPSA) is 84.3 Å². The van der Waals surface area contributed by atoms with E-state index in [1.807, 2.05) is 6.07 Å². The van der Waals surface area contributed by atoms with Crippen LogP contribution in [0.4, 0.5) is 0 Å². The van der Waals surface area contributed by atoms with E-state index >= 15 is 0 Å². The summed E-state index contributed by atoms with van der Waals surface area (Å²) in [6, 6.07) is 10.8. The van der Waals surface area contributed by atoms with Crippen LogP contribution in [0.2, 0.25) is 0 Å². The number of amides is 1. The molecule has 1 aromatic heterocycles. The second-order valence-electron chi connectivity index (χ2n) is 8.88. The molecule has 31 heavy (non-hydrogen) atoms. The van der Waals surface area contributed by atoms with Gasteiger partial charge < -0.3 is 9.88 Å². The van der Waals surface area contributed by atoms with Crippen molar-refractivity contribution in [2.24, 2.45) is 13.0 Å². The summed E-state index contributed by atoms with van der Waals surface area (Å²) < 4.78 is 28.9. The molecule has 8 heteroatoms. The van der Waals surface area contributed by atoms with Crippen LogP contribution in [-0.4, -0.2) is 47.3 Å². The average Bonchev–Trinajstić information content (AvgIpc) is 3.14. The van der Waals surface area contributed by atoms with Crippen LogP contribution in [0, 0.1) is 12.8 Å². The first-order valence-corrected chi connectivity index (χ1v) is 12.6. The molecule has 0 bridgehead atoms. The highest BCUT2D eigenvalue weighted by molar-refractivity contribution is 7.89. The third-order valence-electron chi connectivity index (χ3n) is 6.86. The van der Waals surface area contributed by atoms with Crippen LogP contribution in [0.3, 0.4) is 0 Å². The molecule has 2 aromatic rings. The van der Waals surface area contributed by atoms with E-state index in [4.69, 9.17) is 0 Å². The minimum Gasteiger partial charge on any atom is -0.353 e. The van der Waals surface area contributed by atoms with Crippen molar-refractivity contribution in [1.82, 2.24) is 19.2 Å². The average molecular weight is 445 g/mol.